The molecule has 0 saturated carbocycles. The zero-order valence-electron chi connectivity index (χ0n) is 8.91. The van der Waals surface area contributed by atoms with Crippen LogP contribution in [0.4, 0.5) is 5.82 Å². The van der Waals surface area contributed by atoms with Crippen molar-refractivity contribution >= 4 is 27.4 Å². The van der Waals surface area contributed by atoms with Gasteiger partial charge in [-0.1, -0.05) is 0 Å². The summed E-state index contributed by atoms with van der Waals surface area (Å²) >= 11 is 1.50. The Morgan fingerprint density at radius 2 is 2.27 bits per heavy atom. The van der Waals surface area contributed by atoms with E-state index in [1.807, 2.05) is 19.1 Å². The van der Waals surface area contributed by atoms with Gasteiger partial charge in [-0.15, -0.1) is 0 Å². The van der Waals surface area contributed by atoms with Crippen LogP contribution < -0.4 is 10.1 Å². The Hall–Kier alpha value is -1.29. The SMILES string of the molecule is CCNc1nsc2cc(OCC)ccc12. The van der Waals surface area contributed by atoms with Crippen LogP contribution in [-0.2, 0) is 0 Å². The molecule has 3 nitrogen and oxygen atoms in total. The zero-order valence-corrected chi connectivity index (χ0v) is 9.73. The number of ether oxygens (including phenoxy) is 1. The van der Waals surface area contributed by atoms with Crippen molar-refractivity contribution in [1.82, 2.24) is 4.37 Å². The van der Waals surface area contributed by atoms with Gasteiger partial charge in [0.15, 0.2) is 0 Å². The molecule has 2 aromatic rings. The molecule has 0 saturated heterocycles. The number of aromatic nitrogens is 1. The van der Waals surface area contributed by atoms with E-state index in [1.54, 1.807) is 0 Å². The summed E-state index contributed by atoms with van der Waals surface area (Å²) < 4.78 is 11.0. The van der Waals surface area contributed by atoms with Crippen LogP contribution in [0.1, 0.15) is 13.8 Å². The lowest BCUT2D eigenvalue weighted by Crippen LogP contribution is -1.96. The second-order valence-electron chi connectivity index (χ2n) is 3.15. The first kappa shape index (κ1) is 10.2. The number of nitrogens with zero attached hydrogens (tertiary/aromatic N) is 1. The molecule has 1 N–H and O–H groups in total. The minimum absolute atomic E-state index is 0.699. The van der Waals surface area contributed by atoms with Crippen LogP contribution in [-0.4, -0.2) is 17.5 Å². The van der Waals surface area contributed by atoms with E-state index in [1.165, 1.54) is 16.9 Å². The van der Waals surface area contributed by atoms with Gasteiger partial charge in [-0.05, 0) is 43.6 Å². The summed E-state index contributed by atoms with van der Waals surface area (Å²) in [4.78, 5) is 0. The molecule has 2 rings (SSSR count). The summed E-state index contributed by atoms with van der Waals surface area (Å²) in [6, 6.07) is 6.08. The second-order valence-corrected chi connectivity index (χ2v) is 3.96. The average molecular weight is 222 g/mol. The van der Waals surface area contributed by atoms with Crippen molar-refractivity contribution in [2.75, 3.05) is 18.5 Å². The first-order valence-electron chi connectivity index (χ1n) is 5.11. The summed E-state index contributed by atoms with van der Waals surface area (Å²) in [5.74, 6) is 1.89. The smallest absolute Gasteiger partial charge is 0.147 e. The molecule has 0 aliphatic carbocycles. The Bertz CT molecular complexity index is 453. The quantitative estimate of drug-likeness (QED) is 0.863. The Balaban J connectivity index is 2.38. The van der Waals surface area contributed by atoms with E-state index >= 15 is 0 Å². The van der Waals surface area contributed by atoms with Gasteiger partial charge >= 0.3 is 0 Å². The van der Waals surface area contributed by atoms with Crippen LogP contribution in [0.3, 0.4) is 0 Å². The van der Waals surface area contributed by atoms with Gasteiger partial charge in [0, 0.05) is 11.9 Å². The summed E-state index contributed by atoms with van der Waals surface area (Å²) in [5.41, 5.74) is 0. The number of benzene rings is 1. The molecule has 0 radical (unpaired) electrons. The molecule has 0 fully saturated rings. The van der Waals surface area contributed by atoms with E-state index in [4.69, 9.17) is 4.74 Å². The fraction of sp³-hybridized carbons (Fsp3) is 0.364. The number of hydrogen-bond donors (Lipinski definition) is 1. The fourth-order valence-electron chi connectivity index (χ4n) is 1.47. The molecule has 80 valence electrons. The highest BCUT2D eigenvalue weighted by Gasteiger charge is 2.05. The normalized spacial score (nSPS) is 10.5. The molecule has 0 aliphatic rings. The maximum Gasteiger partial charge on any atom is 0.147 e. The third-order valence-electron chi connectivity index (χ3n) is 2.10. The molecule has 1 aromatic heterocycles. The van der Waals surface area contributed by atoms with Gasteiger partial charge in [-0.3, -0.25) is 0 Å². The van der Waals surface area contributed by atoms with Gasteiger partial charge in [0.1, 0.15) is 11.6 Å². The largest absolute Gasteiger partial charge is 0.494 e. The standard InChI is InChI=1S/C11H14N2OS/c1-3-12-11-9-6-5-8(14-4-2)7-10(9)15-13-11/h5-7H,3-4H2,1-2H3,(H,12,13). The van der Waals surface area contributed by atoms with Crippen LogP contribution in [0.2, 0.25) is 0 Å². The fourth-order valence-corrected chi connectivity index (χ4v) is 2.25. The van der Waals surface area contributed by atoms with Crippen molar-refractivity contribution in [3.63, 3.8) is 0 Å². The highest BCUT2D eigenvalue weighted by Crippen LogP contribution is 2.29. The van der Waals surface area contributed by atoms with Gasteiger partial charge in [-0.25, -0.2) is 0 Å². The van der Waals surface area contributed by atoms with Gasteiger partial charge in [0.2, 0.25) is 0 Å². The minimum atomic E-state index is 0.699. The maximum atomic E-state index is 5.44. The lowest BCUT2D eigenvalue weighted by Gasteiger charge is -2.02. The van der Waals surface area contributed by atoms with Crippen LogP contribution >= 0.6 is 11.5 Å². The first-order valence-corrected chi connectivity index (χ1v) is 5.88. The second kappa shape index (κ2) is 4.49. The van der Waals surface area contributed by atoms with Gasteiger partial charge in [0.05, 0.1) is 11.3 Å². The third kappa shape index (κ3) is 2.04. The van der Waals surface area contributed by atoms with Crippen molar-refractivity contribution < 1.29 is 4.74 Å². The van der Waals surface area contributed by atoms with Crippen LogP contribution in [0.15, 0.2) is 18.2 Å². The molecule has 0 spiro atoms. The van der Waals surface area contributed by atoms with Crippen LogP contribution in [0, 0.1) is 0 Å². The molecule has 0 unspecified atom stereocenters. The lowest BCUT2D eigenvalue weighted by atomic mass is 10.2. The van der Waals surface area contributed by atoms with Crippen LogP contribution in [0.25, 0.3) is 10.1 Å². The van der Waals surface area contributed by atoms with Gasteiger partial charge < -0.3 is 10.1 Å². The molecule has 1 aromatic carbocycles. The van der Waals surface area contributed by atoms with Gasteiger partial charge in [-0.2, -0.15) is 4.37 Å². The topological polar surface area (TPSA) is 34.2 Å². The van der Waals surface area contributed by atoms with Crippen molar-refractivity contribution in [3.8, 4) is 5.75 Å². The number of rotatable bonds is 4. The average Bonchev–Trinajstić information content (AvgIpc) is 2.62. The number of nitrogens with one attached hydrogen (secondary N) is 1. The molecule has 15 heavy (non-hydrogen) atoms. The number of hydrogen-bond acceptors (Lipinski definition) is 4. The van der Waals surface area contributed by atoms with Crippen molar-refractivity contribution in [2.24, 2.45) is 0 Å². The summed E-state index contributed by atoms with van der Waals surface area (Å²) in [6.07, 6.45) is 0. The van der Waals surface area contributed by atoms with E-state index in [-0.39, 0.29) is 0 Å². The number of fused-ring (bicyclic) bond motifs is 1. The molecule has 0 atom stereocenters. The Morgan fingerprint density at radius 3 is 3.00 bits per heavy atom. The summed E-state index contributed by atoms with van der Waals surface area (Å²) in [6.45, 7) is 5.65. The highest BCUT2D eigenvalue weighted by atomic mass is 32.1. The van der Waals surface area contributed by atoms with Crippen molar-refractivity contribution in [1.29, 1.82) is 0 Å². The lowest BCUT2D eigenvalue weighted by molar-refractivity contribution is 0.341. The predicted octanol–water partition coefficient (Wildman–Crippen LogP) is 3.13. The van der Waals surface area contributed by atoms with E-state index in [9.17, 15) is 0 Å². The zero-order chi connectivity index (χ0) is 10.7. The highest BCUT2D eigenvalue weighted by molar-refractivity contribution is 7.13. The maximum absolute atomic E-state index is 5.44. The van der Waals surface area contributed by atoms with Gasteiger partial charge in [0.25, 0.3) is 0 Å². The third-order valence-corrected chi connectivity index (χ3v) is 2.91. The Labute approximate surface area is 93.2 Å². The van der Waals surface area contributed by atoms with E-state index in [0.29, 0.717) is 6.61 Å². The van der Waals surface area contributed by atoms with E-state index < -0.39 is 0 Å². The summed E-state index contributed by atoms with van der Waals surface area (Å²) in [5, 5.41) is 4.41. The monoisotopic (exact) mass is 222 g/mol. The number of anilines is 1. The van der Waals surface area contributed by atoms with Crippen molar-refractivity contribution in [3.05, 3.63) is 18.2 Å². The van der Waals surface area contributed by atoms with E-state index in [0.717, 1.165) is 22.8 Å². The Morgan fingerprint density at radius 1 is 1.40 bits per heavy atom. The summed E-state index contributed by atoms with van der Waals surface area (Å²) in [7, 11) is 0. The molecule has 0 amide bonds. The minimum Gasteiger partial charge on any atom is -0.494 e. The van der Waals surface area contributed by atoms with Crippen LogP contribution in [0.5, 0.6) is 5.75 Å². The predicted molar refractivity (Wildman–Crippen MR) is 65.0 cm³/mol. The molecule has 4 heteroatoms. The van der Waals surface area contributed by atoms with E-state index in [2.05, 4.69) is 22.7 Å². The molecular formula is C11H14N2OS. The molecular weight excluding hydrogens is 208 g/mol. The molecule has 1 heterocycles. The molecule has 0 aliphatic heterocycles. The van der Waals surface area contributed by atoms with Crippen molar-refractivity contribution in [2.45, 2.75) is 13.8 Å². The first-order chi connectivity index (χ1) is 7.35. The molecule has 0 bridgehead atoms. The Kier molecular flexibility index (Phi) is 3.06.